The van der Waals surface area contributed by atoms with Crippen LogP contribution in [-0.2, 0) is 14.8 Å². The maximum atomic E-state index is 10.8. The minimum absolute atomic E-state index is 0.276. The maximum absolute atomic E-state index is 10.8. The third-order valence-electron chi connectivity index (χ3n) is 1.84. The van der Waals surface area contributed by atoms with E-state index < -0.39 is 10.0 Å². The quantitative estimate of drug-likeness (QED) is 0.132. The van der Waals surface area contributed by atoms with E-state index in [1.807, 2.05) is 6.92 Å². The van der Waals surface area contributed by atoms with Crippen molar-refractivity contribution in [3.8, 4) is 0 Å². The molecule has 0 bridgehead atoms. The first kappa shape index (κ1) is 17.1. The Kier molecular flexibility index (Phi) is 9.56. The van der Waals surface area contributed by atoms with Crippen LogP contribution < -0.4 is 21.3 Å². The van der Waals surface area contributed by atoms with Crippen molar-refractivity contribution in [3.05, 3.63) is 0 Å². The molecule has 108 valence electrons. The van der Waals surface area contributed by atoms with Crippen LogP contribution in [0.5, 0.6) is 0 Å². The number of rotatable bonds is 9. The monoisotopic (exact) mass is 281 g/mol. The van der Waals surface area contributed by atoms with Crippen molar-refractivity contribution in [3.63, 3.8) is 0 Å². The second kappa shape index (κ2) is 10.1. The zero-order chi connectivity index (χ0) is 13.9. The number of ether oxygens (including phenoxy) is 1. The van der Waals surface area contributed by atoms with Gasteiger partial charge in [0.25, 0.3) is 0 Å². The summed E-state index contributed by atoms with van der Waals surface area (Å²) in [6.07, 6.45) is 1.92. The highest BCUT2D eigenvalue weighted by molar-refractivity contribution is 7.88. The van der Waals surface area contributed by atoms with Crippen molar-refractivity contribution in [1.29, 1.82) is 0 Å². The predicted molar refractivity (Wildman–Crippen MR) is 71.6 cm³/mol. The number of aliphatic imine (C=N–C) groups is 1. The molecule has 0 aromatic carbocycles. The fourth-order valence-corrected chi connectivity index (χ4v) is 1.54. The topological polar surface area (TPSA) is 118 Å². The zero-order valence-electron chi connectivity index (χ0n) is 10.9. The molecule has 0 fully saturated rings. The molecule has 0 amide bonds. The zero-order valence-corrected chi connectivity index (χ0v) is 11.7. The lowest BCUT2D eigenvalue weighted by Crippen LogP contribution is -2.44. The van der Waals surface area contributed by atoms with Gasteiger partial charge in [0.1, 0.15) is 0 Å². The van der Waals surface area contributed by atoms with Gasteiger partial charge in [0.15, 0.2) is 0 Å². The SMILES string of the molecule is CCOCCCN=C(NN)NCCNS(C)(=O)=O. The summed E-state index contributed by atoms with van der Waals surface area (Å²) in [5, 5.41) is 2.88. The van der Waals surface area contributed by atoms with Gasteiger partial charge >= 0.3 is 0 Å². The van der Waals surface area contributed by atoms with E-state index >= 15 is 0 Å². The lowest BCUT2D eigenvalue weighted by Gasteiger charge is -2.09. The van der Waals surface area contributed by atoms with Crippen LogP contribution in [0.1, 0.15) is 13.3 Å². The Morgan fingerprint density at radius 1 is 1.39 bits per heavy atom. The van der Waals surface area contributed by atoms with Gasteiger partial charge in [-0.3, -0.25) is 10.4 Å². The Morgan fingerprint density at radius 3 is 2.67 bits per heavy atom. The Hall–Kier alpha value is -0.900. The largest absolute Gasteiger partial charge is 0.382 e. The van der Waals surface area contributed by atoms with Gasteiger partial charge in [-0.15, -0.1) is 0 Å². The molecule has 0 aliphatic heterocycles. The molecule has 0 radical (unpaired) electrons. The molecule has 0 unspecified atom stereocenters. The fraction of sp³-hybridized carbons (Fsp3) is 0.889. The maximum Gasteiger partial charge on any atom is 0.208 e. The molecule has 0 aliphatic carbocycles. The van der Waals surface area contributed by atoms with E-state index in [-0.39, 0.29) is 6.54 Å². The van der Waals surface area contributed by atoms with Crippen molar-refractivity contribution in [2.45, 2.75) is 13.3 Å². The number of nitrogens with one attached hydrogen (secondary N) is 3. The smallest absolute Gasteiger partial charge is 0.208 e. The molecule has 5 N–H and O–H groups in total. The summed E-state index contributed by atoms with van der Waals surface area (Å²) >= 11 is 0. The summed E-state index contributed by atoms with van der Waals surface area (Å²) in [4.78, 5) is 4.16. The van der Waals surface area contributed by atoms with Crippen molar-refractivity contribution in [2.24, 2.45) is 10.8 Å². The second-order valence-corrected chi connectivity index (χ2v) is 5.35. The van der Waals surface area contributed by atoms with E-state index in [1.54, 1.807) is 0 Å². The van der Waals surface area contributed by atoms with Gasteiger partial charge in [-0.05, 0) is 13.3 Å². The molecule has 0 aromatic heterocycles. The Labute approximate surface area is 108 Å². The van der Waals surface area contributed by atoms with Crippen molar-refractivity contribution < 1.29 is 13.2 Å². The lowest BCUT2D eigenvalue weighted by atomic mass is 10.4. The number of hydrogen-bond donors (Lipinski definition) is 4. The molecule has 0 spiro atoms. The van der Waals surface area contributed by atoms with Gasteiger partial charge in [-0.25, -0.2) is 19.0 Å². The first-order valence-electron chi connectivity index (χ1n) is 5.77. The lowest BCUT2D eigenvalue weighted by molar-refractivity contribution is 0.146. The van der Waals surface area contributed by atoms with Crippen molar-refractivity contribution in [2.75, 3.05) is 39.1 Å². The third-order valence-corrected chi connectivity index (χ3v) is 2.57. The number of nitrogens with two attached hydrogens (primary N) is 1. The van der Waals surface area contributed by atoms with Crippen LogP contribution in [0.15, 0.2) is 4.99 Å². The number of nitrogens with zero attached hydrogens (tertiary/aromatic N) is 1. The van der Waals surface area contributed by atoms with E-state index in [4.69, 9.17) is 10.6 Å². The molecule has 18 heavy (non-hydrogen) atoms. The molecule has 8 nitrogen and oxygen atoms in total. The first-order chi connectivity index (χ1) is 8.49. The summed E-state index contributed by atoms with van der Waals surface area (Å²) in [5.41, 5.74) is 2.41. The Balaban J connectivity index is 3.72. The molecule has 0 heterocycles. The minimum Gasteiger partial charge on any atom is -0.382 e. The predicted octanol–water partition coefficient (Wildman–Crippen LogP) is -1.63. The summed E-state index contributed by atoms with van der Waals surface area (Å²) < 4.78 is 29.1. The van der Waals surface area contributed by atoms with Crippen LogP contribution in [0.2, 0.25) is 0 Å². The van der Waals surface area contributed by atoms with E-state index in [2.05, 4.69) is 20.5 Å². The average molecular weight is 281 g/mol. The second-order valence-electron chi connectivity index (χ2n) is 3.52. The highest BCUT2D eigenvalue weighted by atomic mass is 32.2. The van der Waals surface area contributed by atoms with Crippen LogP contribution in [-0.4, -0.2) is 53.5 Å². The van der Waals surface area contributed by atoms with Gasteiger partial charge in [-0.1, -0.05) is 0 Å². The molecule has 0 aromatic rings. The summed E-state index contributed by atoms with van der Waals surface area (Å²) in [6.45, 7) is 4.56. The van der Waals surface area contributed by atoms with Crippen molar-refractivity contribution in [1.82, 2.24) is 15.5 Å². The normalized spacial score (nSPS) is 12.5. The molecule has 0 rings (SSSR count). The van der Waals surface area contributed by atoms with Gasteiger partial charge < -0.3 is 10.1 Å². The van der Waals surface area contributed by atoms with Gasteiger partial charge in [0, 0.05) is 32.8 Å². The van der Waals surface area contributed by atoms with Crippen molar-refractivity contribution >= 4 is 16.0 Å². The minimum atomic E-state index is -3.15. The highest BCUT2D eigenvalue weighted by Gasteiger charge is 1.99. The molecule has 0 atom stereocenters. The van der Waals surface area contributed by atoms with E-state index in [0.29, 0.717) is 32.3 Å². The molecule has 9 heteroatoms. The molecule has 0 saturated heterocycles. The molecule has 0 aliphatic rings. The Bertz CT molecular complexity index is 331. The van der Waals surface area contributed by atoms with Crippen LogP contribution in [0, 0.1) is 0 Å². The van der Waals surface area contributed by atoms with E-state index in [0.717, 1.165) is 12.7 Å². The van der Waals surface area contributed by atoms with Gasteiger partial charge in [0.05, 0.1) is 6.26 Å². The van der Waals surface area contributed by atoms with Crippen LogP contribution >= 0.6 is 0 Å². The molecular formula is C9H23N5O3S. The van der Waals surface area contributed by atoms with E-state index in [9.17, 15) is 8.42 Å². The number of guanidine groups is 1. The van der Waals surface area contributed by atoms with Gasteiger partial charge in [-0.2, -0.15) is 0 Å². The number of sulfonamides is 1. The number of hydrogen-bond acceptors (Lipinski definition) is 5. The first-order valence-corrected chi connectivity index (χ1v) is 7.66. The summed E-state index contributed by atoms with van der Waals surface area (Å²) in [5.74, 6) is 5.70. The van der Waals surface area contributed by atoms with Crippen LogP contribution in [0.25, 0.3) is 0 Å². The summed E-state index contributed by atoms with van der Waals surface area (Å²) in [6, 6.07) is 0. The number of hydrazine groups is 1. The summed E-state index contributed by atoms with van der Waals surface area (Å²) in [7, 11) is -3.15. The molecule has 0 saturated carbocycles. The molecular weight excluding hydrogens is 258 g/mol. The Morgan fingerprint density at radius 2 is 2.11 bits per heavy atom. The average Bonchev–Trinajstić information content (AvgIpc) is 2.30. The van der Waals surface area contributed by atoms with Crippen LogP contribution in [0.3, 0.4) is 0 Å². The third kappa shape index (κ3) is 11.6. The highest BCUT2D eigenvalue weighted by Crippen LogP contribution is 1.83. The fourth-order valence-electron chi connectivity index (χ4n) is 1.07. The van der Waals surface area contributed by atoms with Crippen LogP contribution in [0.4, 0.5) is 0 Å². The van der Waals surface area contributed by atoms with Gasteiger partial charge in [0.2, 0.25) is 16.0 Å². The van der Waals surface area contributed by atoms with E-state index in [1.165, 1.54) is 0 Å². The standard InChI is InChI=1S/C9H23N5O3S/c1-3-17-8-4-5-11-9(14-10)12-6-7-13-18(2,15)16/h13H,3-8,10H2,1-2H3,(H2,11,12,14).